The summed E-state index contributed by atoms with van der Waals surface area (Å²) in [6.45, 7) is 1.26. The summed E-state index contributed by atoms with van der Waals surface area (Å²) in [6, 6.07) is 7.96. The molecule has 2 aromatic rings. The minimum atomic E-state index is -0.726. The van der Waals surface area contributed by atoms with Gasteiger partial charge in [0.25, 0.3) is 0 Å². The molecule has 2 N–H and O–H groups in total. The molecule has 1 saturated heterocycles. The molecule has 0 saturated carbocycles. The standard InChI is InChI=1S/C14H14N2O2/c17-14(18)13-8-16-7-12(13)11-3-1-2-9-6-15-5-4-10(9)11/h1-6,12-13,16H,7-8H2,(H,17,18). The number of pyridine rings is 1. The van der Waals surface area contributed by atoms with Crippen molar-refractivity contribution in [2.24, 2.45) is 5.92 Å². The molecule has 4 heteroatoms. The molecule has 1 aliphatic rings. The highest BCUT2D eigenvalue weighted by atomic mass is 16.4. The molecule has 18 heavy (non-hydrogen) atoms. The van der Waals surface area contributed by atoms with Crippen molar-refractivity contribution < 1.29 is 9.90 Å². The molecule has 0 spiro atoms. The van der Waals surface area contributed by atoms with Crippen LogP contribution < -0.4 is 5.32 Å². The van der Waals surface area contributed by atoms with Crippen molar-refractivity contribution in [2.75, 3.05) is 13.1 Å². The van der Waals surface area contributed by atoms with Crippen molar-refractivity contribution in [2.45, 2.75) is 5.92 Å². The number of hydrogen-bond donors (Lipinski definition) is 2. The largest absolute Gasteiger partial charge is 0.481 e. The first kappa shape index (κ1) is 11.2. The second-order valence-electron chi connectivity index (χ2n) is 4.65. The van der Waals surface area contributed by atoms with E-state index in [4.69, 9.17) is 0 Å². The second kappa shape index (κ2) is 4.38. The van der Waals surface area contributed by atoms with Gasteiger partial charge < -0.3 is 10.4 Å². The monoisotopic (exact) mass is 242 g/mol. The molecule has 0 bridgehead atoms. The fourth-order valence-corrected chi connectivity index (χ4v) is 2.74. The lowest BCUT2D eigenvalue weighted by Crippen LogP contribution is -2.21. The summed E-state index contributed by atoms with van der Waals surface area (Å²) < 4.78 is 0. The van der Waals surface area contributed by atoms with Gasteiger partial charge in [-0.2, -0.15) is 0 Å². The van der Waals surface area contributed by atoms with Crippen LogP contribution in [0.3, 0.4) is 0 Å². The number of nitrogens with one attached hydrogen (secondary N) is 1. The fraction of sp³-hybridized carbons (Fsp3) is 0.286. The molecule has 0 amide bonds. The first-order valence-electron chi connectivity index (χ1n) is 6.03. The number of aliphatic carboxylic acids is 1. The van der Waals surface area contributed by atoms with E-state index in [1.807, 2.05) is 30.5 Å². The van der Waals surface area contributed by atoms with E-state index in [1.54, 1.807) is 6.20 Å². The smallest absolute Gasteiger partial charge is 0.308 e. The molecule has 2 heterocycles. The number of benzene rings is 1. The Balaban J connectivity index is 2.11. The van der Waals surface area contributed by atoms with Gasteiger partial charge in [-0.15, -0.1) is 0 Å². The zero-order valence-electron chi connectivity index (χ0n) is 9.84. The number of carboxylic acids is 1. The molecule has 0 radical (unpaired) electrons. The third kappa shape index (κ3) is 1.75. The molecule has 0 aliphatic carbocycles. The summed E-state index contributed by atoms with van der Waals surface area (Å²) in [5.41, 5.74) is 1.10. The molecule has 1 aliphatic heterocycles. The molecule has 92 valence electrons. The maximum atomic E-state index is 11.3. The predicted molar refractivity (Wildman–Crippen MR) is 68.5 cm³/mol. The average molecular weight is 242 g/mol. The van der Waals surface area contributed by atoms with Crippen molar-refractivity contribution in [3.63, 3.8) is 0 Å². The molecular weight excluding hydrogens is 228 g/mol. The van der Waals surface area contributed by atoms with Crippen LogP contribution in [0.1, 0.15) is 11.5 Å². The Bertz CT molecular complexity index is 592. The van der Waals surface area contributed by atoms with E-state index in [-0.39, 0.29) is 11.8 Å². The van der Waals surface area contributed by atoms with Gasteiger partial charge in [0, 0.05) is 36.8 Å². The highest BCUT2D eigenvalue weighted by Gasteiger charge is 2.34. The molecular formula is C14H14N2O2. The molecule has 1 aromatic heterocycles. The molecule has 2 unspecified atom stereocenters. The van der Waals surface area contributed by atoms with Gasteiger partial charge in [0.05, 0.1) is 5.92 Å². The van der Waals surface area contributed by atoms with Crippen LogP contribution in [0.15, 0.2) is 36.7 Å². The quantitative estimate of drug-likeness (QED) is 0.840. The maximum absolute atomic E-state index is 11.3. The lowest BCUT2D eigenvalue weighted by atomic mass is 9.86. The van der Waals surface area contributed by atoms with Gasteiger partial charge in [-0.05, 0) is 17.0 Å². The predicted octanol–water partition coefficient (Wildman–Crippen LogP) is 1.62. The number of nitrogens with zero attached hydrogens (tertiary/aromatic N) is 1. The molecule has 4 nitrogen and oxygen atoms in total. The SMILES string of the molecule is O=C(O)C1CNCC1c1cccc2cnccc12. The molecule has 2 atom stereocenters. The van der Waals surface area contributed by atoms with Crippen molar-refractivity contribution in [3.05, 3.63) is 42.2 Å². The Hall–Kier alpha value is -1.94. The number of carbonyl (C=O) groups is 1. The van der Waals surface area contributed by atoms with Crippen LogP contribution in [0.4, 0.5) is 0 Å². The minimum absolute atomic E-state index is 0.0357. The highest BCUT2D eigenvalue weighted by Crippen LogP contribution is 2.32. The topological polar surface area (TPSA) is 62.2 Å². The van der Waals surface area contributed by atoms with Gasteiger partial charge in [-0.1, -0.05) is 18.2 Å². The summed E-state index contributed by atoms with van der Waals surface area (Å²) in [5.74, 6) is -1.03. The van der Waals surface area contributed by atoms with Crippen LogP contribution >= 0.6 is 0 Å². The summed E-state index contributed by atoms with van der Waals surface area (Å²) in [6.07, 6.45) is 3.57. The normalized spacial score (nSPS) is 23.3. The Labute approximate surface area is 105 Å². The lowest BCUT2D eigenvalue weighted by Gasteiger charge is -2.17. The Morgan fingerprint density at radius 3 is 3.06 bits per heavy atom. The van der Waals surface area contributed by atoms with Crippen LogP contribution in [-0.4, -0.2) is 29.1 Å². The van der Waals surface area contributed by atoms with Gasteiger partial charge in [0.2, 0.25) is 0 Å². The minimum Gasteiger partial charge on any atom is -0.481 e. The van der Waals surface area contributed by atoms with E-state index in [2.05, 4.69) is 10.3 Å². The number of fused-ring (bicyclic) bond motifs is 1. The van der Waals surface area contributed by atoms with Gasteiger partial charge in [-0.3, -0.25) is 9.78 Å². The fourth-order valence-electron chi connectivity index (χ4n) is 2.74. The van der Waals surface area contributed by atoms with Gasteiger partial charge >= 0.3 is 5.97 Å². The summed E-state index contributed by atoms with van der Waals surface area (Å²) in [5, 5.41) is 14.6. The summed E-state index contributed by atoms with van der Waals surface area (Å²) >= 11 is 0. The third-order valence-electron chi connectivity index (χ3n) is 3.65. The lowest BCUT2D eigenvalue weighted by molar-refractivity contribution is -0.141. The van der Waals surface area contributed by atoms with Gasteiger partial charge in [0.15, 0.2) is 0 Å². The van der Waals surface area contributed by atoms with E-state index < -0.39 is 5.97 Å². The van der Waals surface area contributed by atoms with Crippen LogP contribution in [0.2, 0.25) is 0 Å². The Morgan fingerprint density at radius 2 is 2.22 bits per heavy atom. The Morgan fingerprint density at radius 1 is 1.33 bits per heavy atom. The van der Waals surface area contributed by atoms with Gasteiger partial charge in [-0.25, -0.2) is 0 Å². The van der Waals surface area contributed by atoms with E-state index in [9.17, 15) is 9.90 Å². The number of aromatic nitrogens is 1. The molecule has 1 aromatic carbocycles. The van der Waals surface area contributed by atoms with Crippen LogP contribution in [0, 0.1) is 5.92 Å². The zero-order chi connectivity index (χ0) is 12.5. The van der Waals surface area contributed by atoms with E-state index in [0.717, 1.165) is 22.9 Å². The molecule has 1 fully saturated rings. The average Bonchev–Trinajstić information content (AvgIpc) is 2.87. The van der Waals surface area contributed by atoms with Crippen LogP contribution in [0.5, 0.6) is 0 Å². The van der Waals surface area contributed by atoms with Crippen LogP contribution in [-0.2, 0) is 4.79 Å². The van der Waals surface area contributed by atoms with Crippen LogP contribution in [0.25, 0.3) is 10.8 Å². The summed E-state index contributed by atoms with van der Waals surface area (Å²) in [7, 11) is 0. The number of hydrogen-bond acceptors (Lipinski definition) is 3. The highest BCUT2D eigenvalue weighted by molar-refractivity contribution is 5.86. The van der Waals surface area contributed by atoms with Crippen molar-refractivity contribution in [3.8, 4) is 0 Å². The number of rotatable bonds is 2. The first-order valence-corrected chi connectivity index (χ1v) is 6.03. The molecule has 3 rings (SSSR count). The zero-order valence-corrected chi connectivity index (χ0v) is 9.84. The summed E-state index contributed by atoms with van der Waals surface area (Å²) in [4.78, 5) is 15.4. The third-order valence-corrected chi connectivity index (χ3v) is 3.65. The second-order valence-corrected chi connectivity index (χ2v) is 4.65. The van der Waals surface area contributed by atoms with E-state index >= 15 is 0 Å². The van der Waals surface area contributed by atoms with Crippen molar-refractivity contribution in [1.82, 2.24) is 10.3 Å². The van der Waals surface area contributed by atoms with Crippen molar-refractivity contribution >= 4 is 16.7 Å². The number of carboxylic acid groups (broad SMARTS) is 1. The van der Waals surface area contributed by atoms with E-state index in [0.29, 0.717) is 6.54 Å². The Kier molecular flexibility index (Phi) is 2.72. The maximum Gasteiger partial charge on any atom is 0.308 e. The van der Waals surface area contributed by atoms with Gasteiger partial charge in [0.1, 0.15) is 0 Å². The van der Waals surface area contributed by atoms with E-state index in [1.165, 1.54) is 0 Å². The van der Waals surface area contributed by atoms with Crippen molar-refractivity contribution in [1.29, 1.82) is 0 Å². The first-order chi connectivity index (χ1) is 8.77.